The Labute approximate surface area is 154 Å². The quantitative estimate of drug-likeness (QED) is 0.636. The van der Waals surface area contributed by atoms with Gasteiger partial charge in [-0.1, -0.05) is 12.1 Å². The molecule has 134 valence electrons. The fraction of sp³-hybridized carbons (Fsp3) is 0.176. The van der Waals surface area contributed by atoms with Gasteiger partial charge >= 0.3 is 5.97 Å². The fourth-order valence-electron chi connectivity index (χ4n) is 2.20. The zero-order valence-electron chi connectivity index (χ0n) is 14.2. The van der Waals surface area contributed by atoms with Crippen molar-refractivity contribution in [2.75, 3.05) is 18.2 Å². The number of thiophene rings is 1. The van der Waals surface area contributed by atoms with E-state index in [9.17, 15) is 4.79 Å². The van der Waals surface area contributed by atoms with E-state index in [0.29, 0.717) is 16.3 Å². The first-order valence-corrected chi connectivity index (χ1v) is 8.56. The Morgan fingerprint density at radius 3 is 2.77 bits per heavy atom. The number of aryl methyl sites for hydroxylation is 1. The van der Waals surface area contributed by atoms with Crippen molar-refractivity contribution in [3.8, 4) is 5.75 Å². The normalized spacial score (nSPS) is 10.4. The largest absolute Gasteiger partial charge is 0.495 e. The second-order valence-electron chi connectivity index (χ2n) is 5.27. The number of ether oxygens (including phenoxy) is 2. The van der Waals surface area contributed by atoms with E-state index in [1.54, 1.807) is 13.2 Å². The maximum Gasteiger partial charge on any atom is 0.349 e. The van der Waals surface area contributed by atoms with Crippen LogP contribution in [0, 0.1) is 6.92 Å². The summed E-state index contributed by atoms with van der Waals surface area (Å²) < 4.78 is 10.5. The number of esters is 1. The molecule has 0 aliphatic heterocycles. The molecule has 0 fully saturated rings. The Kier molecular flexibility index (Phi) is 5.28. The van der Waals surface area contributed by atoms with E-state index in [1.165, 1.54) is 11.3 Å². The van der Waals surface area contributed by atoms with Crippen LogP contribution < -0.4 is 15.8 Å². The zero-order chi connectivity index (χ0) is 18.5. The molecule has 1 aromatic carbocycles. The van der Waals surface area contributed by atoms with Crippen LogP contribution in [0.2, 0.25) is 0 Å². The molecule has 3 rings (SSSR count). The minimum Gasteiger partial charge on any atom is -0.495 e. The van der Waals surface area contributed by atoms with Crippen molar-refractivity contribution in [3.63, 3.8) is 0 Å². The van der Waals surface area contributed by atoms with Gasteiger partial charge in [0, 0.05) is 0 Å². The van der Waals surface area contributed by atoms with Crippen molar-refractivity contribution < 1.29 is 14.3 Å². The van der Waals surface area contributed by atoms with E-state index in [0.717, 1.165) is 5.56 Å². The molecule has 0 unspecified atom stereocenters. The smallest absolute Gasteiger partial charge is 0.349 e. The zero-order valence-corrected chi connectivity index (χ0v) is 15.0. The van der Waals surface area contributed by atoms with E-state index in [-0.39, 0.29) is 24.3 Å². The molecule has 0 saturated heterocycles. The third-order valence-corrected chi connectivity index (χ3v) is 4.43. The Hall–Kier alpha value is -3.20. The van der Waals surface area contributed by atoms with Gasteiger partial charge in [0.15, 0.2) is 12.4 Å². The first-order valence-electron chi connectivity index (χ1n) is 7.68. The predicted molar refractivity (Wildman–Crippen MR) is 98.7 cm³/mol. The first kappa shape index (κ1) is 17.6. The second kappa shape index (κ2) is 7.79. The molecule has 2 aromatic heterocycles. The molecule has 0 amide bonds. The molecule has 0 saturated carbocycles. The molecule has 2 heterocycles. The highest BCUT2D eigenvalue weighted by Crippen LogP contribution is 2.25. The maximum atomic E-state index is 12.1. The van der Waals surface area contributed by atoms with Gasteiger partial charge in [-0.2, -0.15) is 15.0 Å². The summed E-state index contributed by atoms with van der Waals surface area (Å²) in [7, 11) is 1.57. The number of aromatic nitrogens is 3. The molecular weight excluding hydrogens is 354 g/mol. The number of nitrogen functional groups attached to an aromatic ring is 1. The van der Waals surface area contributed by atoms with Gasteiger partial charge in [0.2, 0.25) is 11.9 Å². The summed E-state index contributed by atoms with van der Waals surface area (Å²) in [5.41, 5.74) is 7.28. The maximum absolute atomic E-state index is 12.1. The van der Waals surface area contributed by atoms with Gasteiger partial charge in [-0.15, -0.1) is 11.3 Å². The van der Waals surface area contributed by atoms with Crippen molar-refractivity contribution in [1.82, 2.24) is 15.0 Å². The third-order valence-electron chi connectivity index (χ3n) is 3.43. The predicted octanol–water partition coefficient (Wildman–Crippen LogP) is 2.93. The van der Waals surface area contributed by atoms with Crippen molar-refractivity contribution in [1.29, 1.82) is 0 Å². The monoisotopic (exact) mass is 371 g/mol. The highest BCUT2D eigenvalue weighted by Gasteiger charge is 2.14. The molecule has 3 aromatic rings. The number of para-hydroxylation sites is 2. The van der Waals surface area contributed by atoms with E-state index < -0.39 is 5.97 Å². The number of nitrogens with zero attached hydrogens (tertiary/aromatic N) is 3. The van der Waals surface area contributed by atoms with Gasteiger partial charge in [0.05, 0.1) is 12.8 Å². The SMILES string of the molecule is COc1ccccc1Nc1nc(N)nc(COC(=O)c2sccc2C)n1. The van der Waals surface area contributed by atoms with Crippen molar-refractivity contribution in [2.24, 2.45) is 0 Å². The highest BCUT2D eigenvalue weighted by molar-refractivity contribution is 7.12. The Morgan fingerprint density at radius 1 is 1.23 bits per heavy atom. The summed E-state index contributed by atoms with van der Waals surface area (Å²) in [5.74, 6) is 0.719. The van der Waals surface area contributed by atoms with Crippen LogP contribution >= 0.6 is 11.3 Å². The lowest BCUT2D eigenvalue weighted by molar-refractivity contribution is 0.0467. The highest BCUT2D eigenvalue weighted by atomic mass is 32.1. The van der Waals surface area contributed by atoms with Gasteiger partial charge in [-0.3, -0.25) is 0 Å². The van der Waals surface area contributed by atoms with Crippen LogP contribution in [0.5, 0.6) is 5.75 Å². The van der Waals surface area contributed by atoms with Crippen LogP contribution in [0.3, 0.4) is 0 Å². The number of carbonyl (C=O) groups excluding carboxylic acids is 1. The standard InChI is InChI=1S/C17H17N5O3S/c1-10-7-8-26-14(10)15(23)25-9-13-20-16(18)22-17(21-13)19-11-5-3-4-6-12(11)24-2/h3-8H,9H2,1-2H3,(H3,18,19,20,21,22). The Morgan fingerprint density at radius 2 is 2.04 bits per heavy atom. The number of nitrogens with two attached hydrogens (primary N) is 1. The minimum absolute atomic E-state index is 0.0238. The molecule has 0 radical (unpaired) electrons. The molecule has 9 heteroatoms. The number of benzene rings is 1. The third kappa shape index (κ3) is 4.06. The number of anilines is 3. The summed E-state index contributed by atoms with van der Waals surface area (Å²) in [5, 5.41) is 4.86. The average molecular weight is 371 g/mol. The first-order chi connectivity index (χ1) is 12.6. The lowest BCUT2D eigenvalue weighted by Gasteiger charge is -2.10. The molecule has 0 bridgehead atoms. The van der Waals surface area contributed by atoms with E-state index in [1.807, 2.05) is 36.6 Å². The Balaban J connectivity index is 1.73. The van der Waals surface area contributed by atoms with Crippen molar-refractivity contribution in [3.05, 3.63) is 52.0 Å². The second-order valence-corrected chi connectivity index (χ2v) is 6.18. The topological polar surface area (TPSA) is 112 Å². The number of hydrogen-bond acceptors (Lipinski definition) is 9. The number of hydrogen-bond donors (Lipinski definition) is 2. The van der Waals surface area contributed by atoms with Crippen molar-refractivity contribution in [2.45, 2.75) is 13.5 Å². The van der Waals surface area contributed by atoms with Gasteiger partial charge < -0.3 is 20.5 Å². The fourth-order valence-corrected chi connectivity index (χ4v) is 3.02. The molecule has 8 nitrogen and oxygen atoms in total. The summed E-state index contributed by atoms with van der Waals surface area (Å²) in [6.45, 7) is 1.74. The molecule has 26 heavy (non-hydrogen) atoms. The summed E-state index contributed by atoms with van der Waals surface area (Å²) in [4.78, 5) is 24.9. The van der Waals surface area contributed by atoms with E-state index in [2.05, 4.69) is 20.3 Å². The van der Waals surface area contributed by atoms with Crippen LogP contribution in [0.15, 0.2) is 35.7 Å². The lowest BCUT2D eigenvalue weighted by Crippen LogP contribution is -2.11. The molecule has 3 N–H and O–H groups in total. The van der Waals surface area contributed by atoms with Crippen LogP contribution in [-0.2, 0) is 11.3 Å². The average Bonchev–Trinajstić information content (AvgIpc) is 3.06. The molecule has 0 atom stereocenters. The van der Waals surface area contributed by atoms with Crippen LogP contribution in [0.1, 0.15) is 21.1 Å². The van der Waals surface area contributed by atoms with Gasteiger partial charge in [-0.05, 0) is 36.1 Å². The summed E-state index contributed by atoms with van der Waals surface area (Å²) in [6, 6.07) is 9.18. The number of methoxy groups -OCH3 is 1. The summed E-state index contributed by atoms with van der Waals surface area (Å²) >= 11 is 1.33. The minimum atomic E-state index is -0.421. The van der Waals surface area contributed by atoms with Crippen molar-refractivity contribution >= 4 is 34.9 Å². The van der Waals surface area contributed by atoms with E-state index >= 15 is 0 Å². The molecular formula is C17H17N5O3S. The van der Waals surface area contributed by atoms with Crippen LogP contribution in [-0.4, -0.2) is 28.0 Å². The lowest BCUT2D eigenvalue weighted by atomic mass is 10.3. The Bertz CT molecular complexity index is 928. The van der Waals surface area contributed by atoms with Gasteiger partial charge in [0.1, 0.15) is 10.6 Å². The van der Waals surface area contributed by atoms with Gasteiger partial charge in [0.25, 0.3) is 0 Å². The van der Waals surface area contributed by atoms with E-state index in [4.69, 9.17) is 15.2 Å². The van der Waals surface area contributed by atoms with Gasteiger partial charge in [-0.25, -0.2) is 4.79 Å². The molecule has 0 aliphatic carbocycles. The summed E-state index contributed by atoms with van der Waals surface area (Å²) in [6.07, 6.45) is 0. The van der Waals surface area contributed by atoms with Crippen LogP contribution in [0.4, 0.5) is 17.6 Å². The van der Waals surface area contributed by atoms with Crippen LogP contribution in [0.25, 0.3) is 0 Å². The molecule has 0 spiro atoms. The number of nitrogens with one attached hydrogen (secondary N) is 1. The number of rotatable bonds is 6. The number of carbonyl (C=O) groups is 1. The molecule has 0 aliphatic rings.